The number of fused-ring (bicyclic) bond motifs is 6. The number of carboxylic acid groups (broad SMARTS) is 1. The number of ether oxygens (including phenoxy) is 4. The monoisotopic (exact) mass is 1420 g/mol. The summed E-state index contributed by atoms with van der Waals surface area (Å²) in [5.41, 5.74) is -2.26. The summed E-state index contributed by atoms with van der Waals surface area (Å²) in [6.07, 6.45) is 14.3. The van der Waals surface area contributed by atoms with Crippen LogP contribution in [0.4, 0.5) is 9.59 Å². The summed E-state index contributed by atoms with van der Waals surface area (Å²) in [5.74, 6) is -4.86. The molecule has 2 aromatic heterocycles. The third-order valence-corrected chi connectivity index (χ3v) is 23.1. The number of aliphatic carboxylic acids is 1. The normalized spacial score (nSPS) is 29.0. The molecule has 7 amide bonds. The highest BCUT2D eigenvalue weighted by Gasteiger charge is 2.64. The number of sulfonamides is 2. The summed E-state index contributed by atoms with van der Waals surface area (Å²) < 4.78 is 82.1. The number of amides is 7. The molecule has 4 aliphatic heterocycles. The molecule has 6 heterocycles. The molecule has 99 heavy (non-hydrogen) atoms. The molecule has 10 atom stereocenters. The van der Waals surface area contributed by atoms with Crippen LogP contribution in [0, 0.1) is 11.8 Å². The lowest BCUT2D eigenvalue weighted by molar-refractivity contribution is -0.145. The molecule has 29 nitrogen and oxygen atoms in total. The van der Waals surface area contributed by atoms with Gasteiger partial charge >= 0.3 is 30.3 Å². The zero-order chi connectivity index (χ0) is 71.7. The molecule has 2 aromatic carbocycles. The lowest BCUT2D eigenvalue weighted by Crippen LogP contribution is -2.58. The van der Waals surface area contributed by atoms with Crippen LogP contribution in [-0.4, -0.2) is 171 Å². The number of para-hydroxylation sites is 4. The first-order valence-electron chi connectivity index (χ1n) is 33.9. The Labute approximate surface area is 575 Å². The van der Waals surface area contributed by atoms with Gasteiger partial charge < -0.3 is 64.0 Å². The number of nitrogens with one attached hydrogen (secondary N) is 5. The smallest absolute Gasteiger partial charge is 0.408 e. The Bertz CT molecular complexity index is 3950. The van der Waals surface area contributed by atoms with E-state index in [4.69, 9.17) is 32.9 Å². The number of carboxylic acids is 1. The lowest BCUT2D eigenvalue weighted by atomic mass is 10.0. The van der Waals surface area contributed by atoms with E-state index in [0.717, 1.165) is 44.9 Å². The number of carbonyl (C=O) groups is 8. The number of benzene rings is 2. The van der Waals surface area contributed by atoms with Gasteiger partial charge in [-0.25, -0.2) is 36.4 Å². The summed E-state index contributed by atoms with van der Waals surface area (Å²) in [4.78, 5) is 119. The molecule has 12 rings (SSSR count). The highest BCUT2D eigenvalue weighted by molar-refractivity contribution is 7.91. The number of rotatable bonds is 11. The molecular formula is C68H92N10O19S2. The summed E-state index contributed by atoms with van der Waals surface area (Å²) in [6, 6.07) is 10.2. The topological polar surface area (TPSA) is 407 Å². The van der Waals surface area contributed by atoms with Gasteiger partial charge in [0, 0.05) is 24.7 Å². The van der Waals surface area contributed by atoms with Gasteiger partial charge in [0.15, 0.2) is 11.2 Å². The first-order chi connectivity index (χ1) is 46.5. The van der Waals surface area contributed by atoms with Crippen molar-refractivity contribution in [2.24, 2.45) is 17.0 Å². The Morgan fingerprint density at radius 1 is 0.616 bits per heavy atom. The number of aromatic nitrogens is 2. The molecule has 4 aromatic rings. The van der Waals surface area contributed by atoms with Crippen molar-refractivity contribution in [2.75, 3.05) is 13.1 Å². The molecular weight excluding hydrogens is 1320 g/mol. The first kappa shape index (κ1) is 73.4. The number of hydrogen-bond acceptors (Lipinski definition) is 20. The fourth-order valence-electron chi connectivity index (χ4n) is 12.5. The van der Waals surface area contributed by atoms with Gasteiger partial charge in [0.1, 0.15) is 69.7 Å². The average molecular weight is 1420 g/mol. The molecule has 0 spiro atoms. The molecule has 8 aliphatic rings. The van der Waals surface area contributed by atoms with Crippen LogP contribution in [0.2, 0.25) is 0 Å². The number of hydrogen-bond donors (Lipinski definition) is 7. The van der Waals surface area contributed by atoms with E-state index >= 15 is 0 Å². The lowest BCUT2D eigenvalue weighted by Gasteiger charge is -2.30. The molecule has 0 bridgehead atoms. The van der Waals surface area contributed by atoms with Gasteiger partial charge in [-0.05, 0) is 157 Å². The Morgan fingerprint density at radius 3 is 1.42 bits per heavy atom. The van der Waals surface area contributed by atoms with Crippen molar-refractivity contribution < 1.29 is 88.1 Å². The Kier molecular flexibility index (Phi) is 21.3. The van der Waals surface area contributed by atoms with Crippen molar-refractivity contribution in [3.8, 4) is 12.2 Å². The van der Waals surface area contributed by atoms with E-state index in [1.807, 2.05) is 42.5 Å². The predicted octanol–water partition coefficient (Wildman–Crippen LogP) is 6.84. The number of alkyl carbamates (subject to hydrolysis) is 2. The molecule has 2 saturated heterocycles. The number of oxazole rings is 2. The van der Waals surface area contributed by atoms with Crippen LogP contribution >= 0.6 is 0 Å². The molecule has 4 saturated carbocycles. The van der Waals surface area contributed by atoms with Gasteiger partial charge in [-0.3, -0.25) is 28.7 Å². The molecule has 4 aliphatic carbocycles. The molecule has 8 N–H and O–H groups in total. The van der Waals surface area contributed by atoms with Crippen molar-refractivity contribution in [3.05, 3.63) is 72.8 Å². The summed E-state index contributed by atoms with van der Waals surface area (Å²) in [7, 11) is -7.20. The standard InChI is InChI=1S/C34H45N5O9S.C30H38N4O8.C4H9NO2S/c1-32(2,3)48-30(43)35-24-14-9-7-5-6-8-12-21-19-34(21,29(42)38-49(44,45)33(4)16-17-33)37-27(40)25-18-22(20-39(25)28(24)41)46-31-36-23-13-10-11-15-26(23)47-31;1-29(2,3)42-27(39)31-21-13-8-6-4-5-7-11-18-16-30(18,26(37)38)33-24(35)22-15-19(17-34(22)25(21)36)40-28-32-20-12-9-10-14-23(20)41-28;1-4(2-3-4)8(5,6)7/h8,10-13,15,21-22,24-25H,5-7,9,14,16-20H2,1-4H3,(H,35,43)(H,37,40)(H,38,42);7,9-12,14,18-19,21-22H,4-6,8,13,15-17H2,1-3H3,(H,31,39)(H,33,35)(H,37,38);2-3H2,1H3,(H2,5,6,7)/b12-8-;11-7-;/t21-,22-,24+,25+,34-;18-,19-,21+,22+,30-;/m11./s1. The van der Waals surface area contributed by atoms with Crippen LogP contribution in [0.25, 0.3) is 22.2 Å². The van der Waals surface area contributed by atoms with Gasteiger partial charge in [-0.15, -0.1) is 0 Å². The van der Waals surface area contributed by atoms with Crippen LogP contribution in [-0.2, 0) is 58.3 Å². The van der Waals surface area contributed by atoms with Gasteiger partial charge in [0.2, 0.25) is 43.7 Å². The summed E-state index contributed by atoms with van der Waals surface area (Å²) in [5, 5.41) is 25.9. The van der Waals surface area contributed by atoms with Crippen LogP contribution in [0.15, 0.2) is 81.7 Å². The largest absolute Gasteiger partial charge is 0.479 e. The second-order valence-corrected chi connectivity index (χ2v) is 33.9. The Hall–Kier alpha value is -8.32. The van der Waals surface area contributed by atoms with Crippen molar-refractivity contribution in [3.63, 3.8) is 0 Å². The molecule has 540 valence electrons. The van der Waals surface area contributed by atoms with Crippen LogP contribution < -0.4 is 40.6 Å². The van der Waals surface area contributed by atoms with Crippen molar-refractivity contribution in [1.29, 1.82) is 0 Å². The van der Waals surface area contributed by atoms with E-state index in [0.29, 0.717) is 67.1 Å². The van der Waals surface area contributed by atoms with Crippen LogP contribution in [0.1, 0.15) is 171 Å². The zero-order valence-corrected chi connectivity index (χ0v) is 58.8. The minimum Gasteiger partial charge on any atom is -0.479 e. The highest BCUT2D eigenvalue weighted by atomic mass is 32.2. The summed E-state index contributed by atoms with van der Waals surface area (Å²) >= 11 is 0. The number of nitrogens with two attached hydrogens (primary N) is 1. The maximum Gasteiger partial charge on any atom is 0.408 e. The first-order valence-corrected chi connectivity index (χ1v) is 37.0. The van der Waals surface area contributed by atoms with Crippen molar-refractivity contribution in [1.82, 2.24) is 45.8 Å². The number of carbonyl (C=O) groups excluding carboxylic acids is 7. The fraction of sp³-hybridized carbons (Fsp3) is 0.618. The summed E-state index contributed by atoms with van der Waals surface area (Å²) in [6.45, 7) is 13.6. The van der Waals surface area contributed by atoms with E-state index in [9.17, 15) is 60.3 Å². The van der Waals surface area contributed by atoms with Crippen molar-refractivity contribution >= 4 is 89.9 Å². The van der Waals surface area contributed by atoms with E-state index < -0.39 is 142 Å². The van der Waals surface area contributed by atoms with Gasteiger partial charge in [0.25, 0.3) is 5.91 Å². The second kappa shape index (κ2) is 28.7. The number of nitrogens with zero attached hydrogens (tertiary/aromatic N) is 4. The second-order valence-electron chi connectivity index (χ2n) is 29.6. The Balaban J connectivity index is 0.000000194. The van der Waals surface area contributed by atoms with E-state index in [1.54, 1.807) is 85.7 Å². The maximum absolute atomic E-state index is 14.3. The van der Waals surface area contributed by atoms with Crippen LogP contribution in [0.3, 0.4) is 0 Å². The third kappa shape index (κ3) is 17.8. The Morgan fingerprint density at radius 2 is 1.03 bits per heavy atom. The number of allylic oxidation sites excluding steroid dienone is 2. The zero-order valence-electron chi connectivity index (χ0n) is 57.2. The van der Waals surface area contributed by atoms with Crippen LogP contribution in [0.5, 0.6) is 12.2 Å². The third-order valence-electron chi connectivity index (χ3n) is 19.2. The van der Waals surface area contributed by atoms with Gasteiger partial charge in [-0.1, -0.05) is 74.3 Å². The number of primary sulfonamides is 1. The van der Waals surface area contributed by atoms with Gasteiger partial charge in [-0.2, -0.15) is 9.97 Å². The molecule has 0 unspecified atom stereocenters. The molecule has 31 heteroatoms. The molecule has 6 fully saturated rings. The SMILES string of the molecule is CC(C)(C)OC(=O)N[C@H]1CCCCC/C=C\[C@@H]2C[C@@]2(C(=O)NS(=O)(=O)C2(C)CC2)NC(=O)[C@@H]2C[C@@H](Oc3nc4ccccc4o3)CN2C1=O.CC(C)(C)OC(=O)N[C@H]1CCCCC/C=C\[C@@H]2C[C@@]2(C(=O)O)NC(=O)[C@@H]2C[C@@H](Oc3nc4ccccc4o3)CN2C1=O.CC1(S(N)(=O)=O)CC1. The highest BCUT2D eigenvalue weighted by Crippen LogP contribution is 2.49. The van der Waals surface area contributed by atoms with Gasteiger partial charge in [0.05, 0.1) is 22.6 Å². The minimum absolute atomic E-state index is 0.00892. The fourth-order valence-corrected chi connectivity index (χ4v) is 14.5. The van der Waals surface area contributed by atoms with E-state index in [-0.39, 0.29) is 56.8 Å². The van der Waals surface area contributed by atoms with Crippen molar-refractivity contribution in [2.45, 2.75) is 239 Å². The average Bonchev–Trinajstić information content (AvgIpc) is 1.58. The minimum atomic E-state index is -3.97. The quantitative estimate of drug-likeness (QED) is 0.0755. The van der Waals surface area contributed by atoms with E-state index in [1.165, 1.54) is 9.80 Å². The van der Waals surface area contributed by atoms with E-state index in [2.05, 4.69) is 36.0 Å². The molecule has 0 radical (unpaired) electrons. The maximum atomic E-state index is 14.3. The predicted molar refractivity (Wildman–Crippen MR) is 359 cm³/mol.